The molecule has 0 unspecified atom stereocenters. The van der Waals surface area contributed by atoms with E-state index in [9.17, 15) is 4.79 Å². The van der Waals surface area contributed by atoms with Gasteiger partial charge in [0.05, 0.1) is 23.4 Å². The third-order valence-corrected chi connectivity index (χ3v) is 4.72. The molecule has 3 aromatic rings. The number of nitrogens with zero attached hydrogens (tertiary/aromatic N) is 2. The molecule has 0 aliphatic carbocycles. The molecular weight excluding hydrogens is 362 g/mol. The first-order chi connectivity index (χ1) is 14.1. The Bertz CT molecular complexity index is 1030. The van der Waals surface area contributed by atoms with Gasteiger partial charge in [-0.3, -0.25) is 4.79 Å². The molecule has 0 saturated heterocycles. The maximum atomic E-state index is 12.8. The first kappa shape index (κ1) is 20.5. The molecule has 0 atom stereocenters. The van der Waals surface area contributed by atoms with Crippen LogP contribution >= 0.6 is 0 Å². The summed E-state index contributed by atoms with van der Waals surface area (Å²) in [5.41, 5.74) is 6.49. The van der Waals surface area contributed by atoms with Crippen molar-refractivity contribution in [1.29, 1.82) is 0 Å². The maximum absolute atomic E-state index is 12.8. The van der Waals surface area contributed by atoms with Crippen molar-refractivity contribution in [3.63, 3.8) is 0 Å². The van der Waals surface area contributed by atoms with Gasteiger partial charge in [0.1, 0.15) is 5.75 Å². The molecule has 2 aromatic carbocycles. The predicted molar refractivity (Wildman–Crippen MR) is 118 cm³/mol. The average Bonchev–Trinajstić information content (AvgIpc) is 2.76. The highest BCUT2D eigenvalue weighted by molar-refractivity contribution is 6.07. The van der Waals surface area contributed by atoms with E-state index in [1.165, 1.54) is 0 Å². The summed E-state index contributed by atoms with van der Waals surface area (Å²) in [6.45, 7) is 6.71. The van der Waals surface area contributed by atoms with Crippen molar-refractivity contribution in [1.82, 2.24) is 10.4 Å². The summed E-state index contributed by atoms with van der Waals surface area (Å²) in [4.78, 5) is 17.6. The first-order valence-corrected chi connectivity index (χ1v) is 10.1. The molecule has 0 aliphatic heterocycles. The Kier molecular flexibility index (Phi) is 6.95. The fraction of sp³-hybridized carbons (Fsp3) is 0.292. The fourth-order valence-electron chi connectivity index (χ4n) is 2.88. The number of hydrazone groups is 1. The second kappa shape index (κ2) is 9.82. The van der Waals surface area contributed by atoms with E-state index < -0.39 is 0 Å². The van der Waals surface area contributed by atoms with Gasteiger partial charge in [-0.05, 0) is 44.0 Å². The Hall–Kier alpha value is -3.21. The molecule has 0 aliphatic rings. The molecule has 0 bridgehead atoms. The number of fused-ring (bicyclic) bond motifs is 1. The van der Waals surface area contributed by atoms with Crippen LogP contribution in [-0.4, -0.2) is 23.2 Å². The van der Waals surface area contributed by atoms with Crippen molar-refractivity contribution in [3.8, 4) is 17.0 Å². The number of carbonyl (C=O) groups is 1. The van der Waals surface area contributed by atoms with Crippen LogP contribution in [0.4, 0.5) is 0 Å². The largest absolute Gasteiger partial charge is 0.494 e. The lowest BCUT2D eigenvalue weighted by Crippen LogP contribution is -2.19. The molecular formula is C24H27N3O2. The third-order valence-electron chi connectivity index (χ3n) is 4.72. The molecule has 0 spiro atoms. The van der Waals surface area contributed by atoms with E-state index in [1.807, 2.05) is 68.4 Å². The first-order valence-electron chi connectivity index (χ1n) is 10.1. The average molecular weight is 389 g/mol. The van der Waals surface area contributed by atoms with E-state index >= 15 is 0 Å². The Morgan fingerprint density at radius 1 is 1.10 bits per heavy atom. The Labute approximate surface area is 171 Å². The Balaban J connectivity index is 1.99. The van der Waals surface area contributed by atoms with Crippen LogP contribution in [0.15, 0.2) is 59.7 Å². The number of nitrogens with one attached hydrogen (secondary N) is 1. The predicted octanol–water partition coefficient (Wildman–Crippen LogP) is 5.60. The number of rotatable bonds is 8. The lowest BCUT2D eigenvalue weighted by Gasteiger charge is -2.11. The van der Waals surface area contributed by atoms with Crippen LogP contribution in [0.3, 0.4) is 0 Å². The monoisotopic (exact) mass is 389 g/mol. The topological polar surface area (TPSA) is 63.6 Å². The number of carbonyl (C=O) groups excluding carboxylic acids is 1. The maximum Gasteiger partial charge on any atom is 0.272 e. The minimum Gasteiger partial charge on any atom is -0.494 e. The summed E-state index contributed by atoms with van der Waals surface area (Å²) in [6, 6.07) is 17.3. The summed E-state index contributed by atoms with van der Waals surface area (Å²) < 4.78 is 5.83. The Morgan fingerprint density at radius 3 is 2.72 bits per heavy atom. The lowest BCUT2D eigenvalue weighted by molar-refractivity contribution is 0.0956. The lowest BCUT2D eigenvalue weighted by atomic mass is 10.0. The van der Waals surface area contributed by atoms with E-state index in [4.69, 9.17) is 9.72 Å². The molecule has 29 heavy (non-hydrogen) atoms. The molecule has 1 amide bonds. The van der Waals surface area contributed by atoms with Crippen molar-refractivity contribution in [3.05, 3.63) is 60.2 Å². The van der Waals surface area contributed by atoms with Gasteiger partial charge in [-0.1, -0.05) is 50.6 Å². The standard InChI is InChI=1S/C24H27N3O2/c1-4-6-14-29-19-11-9-10-18(15-19)23-16-21(24(28)27-26-17(3)5-2)20-12-7-8-13-22(20)25-23/h7-13,15-16H,4-6,14H2,1-3H3,(H,27,28)/b26-17-. The number of hydrogen-bond acceptors (Lipinski definition) is 4. The van der Waals surface area contributed by atoms with E-state index in [1.54, 1.807) is 0 Å². The highest BCUT2D eigenvalue weighted by Gasteiger charge is 2.14. The minimum atomic E-state index is -0.243. The SMILES string of the molecule is CCCCOc1cccc(-c2cc(C(=O)N/N=C(/C)CC)c3ccccc3n2)c1. The number of benzene rings is 2. The number of amides is 1. The van der Waals surface area contributed by atoms with Gasteiger partial charge in [0.2, 0.25) is 0 Å². The van der Waals surface area contributed by atoms with Crippen molar-refractivity contribution < 1.29 is 9.53 Å². The van der Waals surface area contributed by atoms with E-state index in [-0.39, 0.29) is 5.91 Å². The summed E-state index contributed by atoms with van der Waals surface area (Å²) >= 11 is 0. The minimum absolute atomic E-state index is 0.243. The van der Waals surface area contributed by atoms with Crippen molar-refractivity contribution >= 4 is 22.5 Å². The number of para-hydroxylation sites is 1. The molecule has 3 rings (SSSR count). The molecule has 1 aromatic heterocycles. The van der Waals surface area contributed by atoms with E-state index in [0.29, 0.717) is 12.2 Å². The molecule has 5 nitrogen and oxygen atoms in total. The molecule has 0 radical (unpaired) electrons. The zero-order chi connectivity index (χ0) is 20.6. The van der Waals surface area contributed by atoms with E-state index in [2.05, 4.69) is 17.5 Å². The molecule has 0 fully saturated rings. The Morgan fingerprint density at radius 2 is 1.93 bits per heavy atom. The second-order valence-corrected chi connectivity index (χ2v) is 6.94. The van der Waals surface area contributed by atoms with Crippen molar-refractivity contribution in [2.24, 2.45) is 5.10 Å². The van der Waals surface area contributed by atoms with Crippen LogP contribution in [0.1, 0.15) is 50.4 Å². The number of hydrogen-bond donors (Lipinski definition) is 1. The van der Waals surface area contributed by atoms with Gasteiger partial charge >= 0.3 is 0 Å². The van der Waals surface area contributed by atoms with Crippen LogP contribution < -0.4 is 10.2 Å². The van der Waals surface area contributed by atoms with Crippen LogP contribution in [0.25, 0.3) is 22.2 Å². The second-order valence-electron chi connectivity index (χ2n) is 6.94. The summed E-state index contributed by atoms with van der Waals surface area (Å²) in [7, 11) is 0. The van der Waals surface area contributed by atoms with Gasteiger partial charge in [0, 0.05) is 16.7 Å². The highest BCUT2D eigenvalue weighted by Crippen LogP contribution is 2.27. The van der Waals surface area contributed by atoms with Gasteiger partial charge in [-0.25, -0.2) is 10.4 Å². The van der Waals surface area contributed by atoms with Crippen molar-refractivity contribution in [2.75, 3.05) is 6.61 Å². The number of ether oxygens (including phenoxy) is 1. The summed E-state index contributed by atoms with van der Waals surface area (Å²) in [6.07, 6.45) is 2.89. The summed E-state index contributed by atoms with van der Waals surface area (Å²) in [5.74, 6) is 0.563. The molecule has 0 saturated carbocycles. The number of aromatic nitrogens is 1. The van der Waals surface area contributed by atoms with Crippen LogP contribution in [0.5, 0.6) is 5.75 Å². The smallest absolute Gasteiger partial charge is 0.272 e. The molecule has 1 heterocycles. The quantitative estimate of drug-likeness (QED) is 0.310. The van der Waals surface area contributed by atoms with Gasteiger partial charge < -0.3 is 4.74 Å². The van der Waals surface area contributed by atoms with Crippen LogP contribution in [-0.2, 0) is 0 Å². The van der Waals surface area contributed by atoms with Gasteiger partial charge in [-0.15, -0.1) is 0 Å². The number of pyridine rings is 1. The van der Waals surface area contributed by atoms with E-state index in [0.717, 1.165) is 52.9 Å². The normalized spacial score (nSPS) is 11.5. The zero-order valence-corrected chi connectivity index (χ0v) is 17.2. The molecule has 150 valence electrons. The highest BCUT2D eigenvalue weighted by atomic mass is 16.5. The fourth-order valence-corrected chi connectivity index (χ4v) is 2.88. The van der Waals surface area contributed by atoms with Gasteiger partial charge in [0.15, 0.2) is 0 Å². The number of unbranched alkanes of at least 4 members (excludes halogenated alkanes) is 1. The van der Waals surface area contributed by atoms with Gasteiger partial charge in [-0.2, -0.15) is 5.10 Å². The van der Waals surface area contributed by atoms with Crippen LogP contribution in [0.2, 0.25) is 0 Å². The molecule has 5 heteroatoms. The van der Waals surface area contributed by atoms with Crippen LogP contribution in [0, 0.1) is 0 Å². The molecule has 1 N–H and O–H groups in total. The van der Waals surface area contributed by atoms with Crippen molar-refractivity contribution in [2.45, 2.75) is 40.0 Å². The van der Waals surface area contributed by atoms with Gasteiger partial charge in [0.25, 0.3) is 5.91 Å². The third kappa shape index (κ3) is 5.19. The summed E-state index contributed by atoms with van der Waals surface area (Å²) in [5, 5.41) is 4.96. The zero-order valence-electron chi connectivity index (χ0n) is 17.2.